The monoisotopic (exact) mass is 307 g/mol. The van der Waals surface area contributed by atoms with E-state index in [9.17, 15) is 4.79 Å². The molecule has 0 radical (unpaired) electrons. The zero-order chi connectivity index (χ0) is 15.8. The van der Waals surface area contributed by atoms with E-state index in [1.807, 2.05) is 4.57 Å². The van der Waals surface area contributed by atoms with Crippen molar-refractivity contribution in [1.29, 1.82) is 0 Å². The molecule has 1 aliphatic rings. The lowest BCUT2D eigenvalue weighted by atomic mass is 10.4. The Morgan fingerprint density at radius 1 is 1.32 bits per heavy atom. The first-order valence-corrected chi connectivity index (χ1v) is 7.83. The molecule has 0 spiro atoms. The molecule has 0 saturated heterocycles. The van der Waals surface area contributed by atoms with E-state index in [1.165, 1.54) is 0 Å². The van der Waals surface area contributed by atoms with E-state index in [-0.39, 0.29) is 11.8 Å². The van der Waals surface area contributed by atoms with E-state index >= 15 is 0 Å². The summed E-state index contributed by atoms with van der Waals surface area (Å²) in [4.78, 5) is 15.6. The lowest BCUT2D eigenvalue weighted by Crippen LogP contribution is -2.42. The number of hydrogen-bond donors (Lipinski definition) is 3. The molecular weight excluding hydrogens is 282 g/mol. The standard InChI is InChI=1S/C14H25N7O/c1-3-12-20-19-10-21(12)9-8-18-14(15-2)17-7-6-16-13(22)11-4-5-11/h10-11H,3-9H2,1-2H3,(H,16,22)(H2,15,17,18). The SMILES string of the molecule is CCc1nncn1CCNC(=NC)NCCNC(=O)C1CC1. The van der Waals surface area contributed by atoms with E-state index in [2.05, 4.69) is 38.1 Å². The normalized spacial score (nSPS) is 14.7. The quantitative estimate of drug-likeness (QED) is 0.343. The van der Waals surface area contributed by atoms with Gasteiger partial charge < -0.3 is 20.5 Å². The third-order valence-corrected chi connectivity index (χ3v) is 3.55. The molecular formula is C14H25N7O. The second-order valence-electron chi connectivity index (χ2n) is 5.29. The number of nitrogens with zero attached hydrogens (tertiary/aromatic N) is 4. The summed E-state index contributed by atoms with van der Waals surface area (Å²) in [6.07, 6.45) is 4.68. The third-order valence-electron chi connectivity index (χ3n) is 3.55. The Morgan fingerprint density at radius 3 is 2.73 bits per heavy atom. The average Bonchev–Trinajstić information content (AvgIpc) is 3.29. The van der Waals surface area contributed by atoms with Crippen LogP contribution >= 0.6 is 0 Å². The summed E-state index contributed by atoms with van der Waals surface area (Å²) in [6.45, 7) is 4.85. The van der Waals surface area contributed by atoms with Crippen LogP contribution in [-0.4, -0.2) is 53.3 Å². The Labute approximate surface area is 130 Å². The van der Waals surface area contributed by atoms with Gasteiger partial charge in [0.1, 0.15) is 12.2 Å². The van der Waals surface area contributed by atoms with Gasteiger partial charge >= 0.3 is 0 Å². The zero-order valence-corrected chi connectivity index (χ0v) is 13.3. The van der Waals surface area contributed by atoms with Crippen molar-refractivity contribution in [3.05, 3.63) is 12.2 Å². The zero-order valence-electron chi connectivity index (χ0n) is 13.3. The van der Waals surface area contributed by atoms with E-state index < -0.39 is 0 Å². The van der Waals surface area contributed by atoms with Crippen LogP contribution in [0.15, 0.2) is 11.3 Å². The molecule has 0 bridgehead atoms. The Kier molecular flexibility index (Phi) is 6.17. The van der Waals surface area contributed by atoms with E-state index in [4.69, 9.17) is 0 Å². The maximum Gasteiger partial charge on any atom is 0.223 e. The molecule has 122 valence electrons. The van der Waals surface area contributed by atoms with E-state index in [0.29, 0.717) is 13.1 Å². The van der Waals surface area contributed by atoms with Crippen molar-refractivity contribution in [2.75, 3.05) is 26.7 Å². The van der Waals surface area contributed by atoms with Gasteiger partial charge in [-0.25, -0.2) is 0 Å². The van der Waals surface area contributed by atoms with Crippen molar-refractivity contribution in [2.24, 2.45) is 10.9 Å². The molecule has 0 unspecified atom stereocenters. The summed E-state index contributed by atoms with van der Waals surface area (Å²) >= 11 is 0. The minimum atomic E-state index is 0.171. The number of guanidine groups is 1. The lowest BCUT2D eigenvalue weighted by molar-refractivity contribution is -0.122. The summed E-state index contributed by atoms with van der Waals surface area (Å²) in [6, 6.07) is 0. The van der Waals surface area contributed by atoms with Crippen LogP contribution in [0.1, 0.15) is 25.6 Å². The second kappa shape index (κ2) is 8.35. The first-order valence-electron chi connectivity index (χ1n) is 7.83. The molecule has 22 heavy (non-hydrogen) atoms. The van der Waals surface area contributed by atoms with Crippen molar-refractivity contribution in [3.63, 3.8) is 0 Å². The van der Waals surface area contributed by atoms with Crippen LogP contribution < -0.4 is 16.0 Å². The molecule has 1 amide bonds. The number of aliphatic imine (C=N–C) groups is 1. The summed E-state index contributed by atoms with van der Waals surface area (Å²) in [5.74, 6) is 2.14. The molecule has 2 rings (SSSR count). The van der Waals surface area contributed by atoms with Gasteiger partial charge in [-0.1, -0.05) is 6.92 Å². The molecule has 3 N–H and O–H groups in total. The van der Waals surface area contributed by atoms with Crippen molar-refractivity contribution in [3.8, 4) is 0 Å². The maximum atomic E-state index is 11.5. The number of aryl methyl sites for hydroxylation is 1. The number of amides is 1. The maximum absolute atomic E-state index is 11.5. The number of nitrogens with one attached hydrogen (secondary N) is 3. The number of aromatic nitrogens is 3. The molecule has 1 heterocycles. The van der Waals surface area contributed by atoms with Gasteiger partial charge in [0.15, 0.2) is 5.96 Å². The highest BCUT2D eigenvalue weighted by molar-refractivity contribution is 5.81. The smallest absolute Gasteiger partial charge is 0.223 e. The molecule has 0 atom stereocenters. The van der Waals surface area contributed by atoms with Crippen LogP contribution in [0.4, 0.5) is 0 Å². The topological polar surface area (TPSA) is 96.2 Å². The van der Waals surface area contributed by atoms with Gasteiger partial charge in [-0.3, -0.25) is 9.79 Å². The Balaban J connectivity index is 1.59. The van der Waals surface area contributed by atoms with Gasteiger partial charge in [0.05, 0.1) is 0 Å². The first-order chi connectivity index (χ1) is 10.7. The van der Waals surface area contributed by atoms with Gasteiger partial charge in [-0.05, 0) is 12.8 Å². The third kappa shape index (κ3) is 5.01. The van der Waals surface area contributed by atoms with Gasteiger partial charge in [-0.2, -0.15) is 0 Å². The summed E-state index contributed by atoms with van der Waals surface area (Å²) in [5, 5.41) is 17.3. The molecule has 1 aromatic heterocycles. The van der Waals surface area contributed by atoms with Crippen LogP contribution in [0.2, 0.25) is 0 Å². The van der Waals surface area contributed by atoms with Crippen LogP contribution in [0.3, 0.4) is 0 Å². The average molecular weight is 307 g/mol. The van der Waals surface area contributed by atoms with Crippen molar-refractivity contribution < 1.29 is 4.79 Å². The molecule has 8 nitrogen and oxygen atoms in total. The first kappa shape index (κ1) is 16.3. The van der Waals surface area contributed by atoms with Gasteiger partial charge in [0.2, 0.25) is 5.91 Å². The van der Waals surface area contributed by atoms with Gasteiger partial charge in [0, 0.05) is 45.6 Å². The molecule has 1 aromatic rings. The molecule has 0 aliphatic heterocycles. The molecule has 1 fully saturated rings. The number of carbonyl (C=O) groups is 1. The van der Waals surface area contributed by atoms with Crippen molar-refractivity contribution in [2.45, 2.75) is 32.7 Å². The minimum absolute atomic E-state index is 0.171. The summed E-state index contributed by atoms with van der Waals surface area (Å²) < 4.78 is 2.02. The van der Waals surface area contributed by atoms with Gasteiger partial charge in [0.25, 0.3) is 0 Å². The molecule has 1 aliphatic carbocycles. The highest BCUT2D eigenvalue weighted by Gasteiger charge is 2.28. The van der Waals surface area contributed by atoms with Gasteiger partial charge in [-0.15, -0.1) is 10.2 Å². The summed E-state index contributed by atoms with van der Waals surface area (Å²) in [5.41, 5.74) is 0. The predicted molar refractivity (Wildman–Crippen MR) is 84.5 cm³/mol. The molecule has 1 saturated carbocycles. The largest absolute Gasteiger partial charge is 0.355 e. The van der Waals surface area contributed by atoms with Crippen molar-refractivity contribution >= 4 is 11.9 Å². The van der Waals surface area contributed by atoms with Crippen LogP contribution in [-0.2, 0) is 17.8 Å². The van der Waals surface area contributed by atoms with E-state index in [0.717, 1.165) is 44.1 Å². The van der Waals surface area contributed by atoms with Crippen LogP contribution in [0, 0.1) is 5.92 Å². The minimum Gasteiger partial charge on any atom is -0.355 e. The molecule has 8 heteroatoms. The Morgan fingerprint density at radius 2 is 2.05 bits per heavy atom. The fraction of sp³-hybridized carbons (Fsp3) is 0.714. The Bertz CT molecular complexity index is 507. The highest BCUT2D eigenvalue weighted by atomic mass is 16.2. The number of carbonyl (C=O) groups excluding carboxylic acids is 1. The van der Waals surface area contributed by atoms with Crippen molar-refractivity contribution in [1.82, 2.24) is 30.7 Å². The fourth-order valence-electron chi connectivity index (χ4n) is 2.11. The second-order valence-corrected chi connectivity index (χ2v) is 5.29. The van der Waals surface area contributed by atoms with Crippen LogP contribution in [0.25, 0.3) is 0 Å². The number of hydrogen-bond acceptors (Lipinski definition) is 4. The Hall–Kier alpha value is -2.12. The summed E-state index contributed by atoms with van der Waals surface area (Å²) in [7, 11) is 1.73. The van der Waals surface area contributed by atoms with Crippen LogP contribution in [0.5, 0.6) is 0 Å². The lowest BCUT2D eigenvalue weighted by Gasteiger charge is -2.13. The predicted octanol–water partition coefficient (Wildman–Crippen LogP) is -0.468. The molecule has 0 aromatic carbocycles. The number of rotatable bonds is 8. The highest BCUT2D eigenvalue weighted by Crippen LogP contribution is 2.28. The van der Waals surface area contributed by atoms with E-state index in [1.54, 1.807) is 13.4 Å². The fourth-order valence-corrected chi connectivity index (χ4v) is 2.11.